The van der Waals surface area contributed by atoms with Gasteiger partial charge in [0, 0.05) is 26.2 Å². The Labute approximate surface area is 178 Å². The molecule has 4 heterocycles. The van der Waals surface area contributed by atoms with Crippen molar-refractivity contribution >= 4 is 34.3 Å². The number of thiophene rings is 1. The zero-order chi connectivity index (χ0) is 20.6. The van der Waals surface area contributed by atoms with E-state index in [1.54, 1.807) is 0 Å². The number of rotatable bonds is 3. The van der Waals surface area contributed by atoms with Gasteiger partial charge in [0.25, 0.3) is 5.91 Å². The number of ether oxygens (including phenoxy) is 1. The van der Waals surface area contributed by atoms with Gasteiger partial charge < -0.3 is 19.0 Å². The molecule has 0 atom stereocenters. The predicted octanol–water partition coefficient (Wildman–Crippen LogP) is 2.97. The number of carbonyl (C=O) groups is 2. The van der Waals surface area contributed by atoms with Gasteiger partial charge in [-0.1, -0.05) is 18.2 Å². The molecule has 7 nitrogen and oxygen atoms in total. The number of carbonyl (C=O) groups excluding carboxylic acids is 2. The van der Waals surface area contributed by atoms with Crippen LogP contribution in [0.4, 0.5) is 0 Å². The SMILES string of the molecule is O=C(Cc1nc2ccccc2o1)N1CCOC2(CCN(C(=O)c3cccs3)CC2)C1. The summed E-state index contributed by atoms with van der Waals surface area (Å²) in [5.41, 5.74) is 1.09. The van der Waals surface area contributed by atoms with Gasteiger partial charge in [-0.05, 0) is 36.4 Å². The lowest BCUT2D eigenvalue weighted by Crippen LogP contribution is -2.58. The summed E-state index contributed by atoms with van der Waals surface area (Å²) in [4.78, 5) is 34.4. The molecule has 2 aromatic heterocycles. The van der Waals surface area contributed by atoms with E-state index in [0.29, 0.717) is 44.3 Å². The van der Waals surface area contributed by atoms with Gasteiger partial charge in [-0.3, -0.25) is 9.59 Å². The molecule has 1 aromatic carbocycles. The van der Waals surface area contributed by atoms with E-state index in [0.717, 1.165) is 23.2 Å². The van der Waals surface area contributed by atoms with Gasteiger partial charge in [0.15, 0.2) is 5.58 Å². The minimum Gasteiger partial charge on any atom is -0.440 e. The van der Waals surface area contributed by atoms with Crippen LogP contribution >= 0.6 is 11.3 Å². The van der Waals surface area contributed by atoms with E-state index in [2.05, 4.69) is 4.98 Å². The Bertz CT molecular complexity index is 1020. The smallest absolute Gasteiger partial charge is 0.263 e. The van der Waals surface area contributed by atoms with Crippen LogP contribution in [0, 0.1) is 0 Å². The Kier molecular flexibility index (Phi) is 5.04. The first kappa shape index (κ1) is 19.3. The first-order valence-electron chi connectivity index (χ1n) is 10.2. The van der Waals surface area contributed by atoms with Crippen molar-refractivity contribution < 1.29 is 18.7 Å². The number of benzene rings is 1. The number of likely N-dealkylation sites (tertiary alicyclic amines) is 1. The third kappa shape index (κ3) is 3.73. The molecule has 0 radical (unpaired) electrons. The van der Waals surface area contributed by atoms with Crippen LogP contribution in [-0.2, 0) is 16.0 Å². The third-order valence-electron chi connectivity index (χ3n) is 5.94. The number of aromatic nitrogens is 1. The molecule has 5 rings (SSSR count). The number of fused-ring (bicyclic) bond motifs is 1. The highest BCUT2D eigenvalue weighted by atomic mass is 32.1. The van der Waals surface area contributed by atoms with Crippen molar-refractivity contribution in [3.8, 4) is 0 Å². The lowest BCUT2D eigenvalue weighted by Gasteiger charge is -2.47. The summed E-state index contributed by atoms with van der Waals surface area (Å²) in [6.07, 6.45) is 1.61. The molecule has 2 aliphatic rings. The third-order valence-corrected chi connectivity index (χ3v) is 6.79. The topological polar surface area (TPSA) is 75.9 Å². The Morgan fingerprint density at radius 1 is 1.07 bits per heavy atom. The van der Waals surface area contributed by atoms with Gasteiger partial charge in [0.2, 0.25) is 11.8 Å². The van der Waals surface area contributed by atoms with Crippen LogP contribution in [0.2, 0.25) is 0 Å². The molecule has 2 fully saturated rings. The Morgan fingerprint density at radius 2 is 1.90 bits per heavy atom. The molecule has 8 heteroatoms. The fourth-order valence-electron chi connectivity index (χ4n) is 4.27. The molecule has 2 saturated heterocycles. The Morgan fingerprint density at radius 3 is 2.67 bits per heavy atom. The fourth-order valence-corrected chi connectivity index (χ4v) is 4.96. The Hall–Kier alpha value is -2.71. The second kappa shape index (κ2) is 7.85. The summed E-state index contributed by atoms with van der Waals surface area (Å²) in [6, 6.07) is 11.3. The van der Waals surface area contributed by atoms with Crippen LogP contribution in [0.3, 0.4) is 0 Å². The zero-order valence-electron chi connectivity index (χ0n) is 16.6. The molecule has 2 aliphatic heterocycles. The van der Waals surface area contributed by atoms with Crippen molar-refractivity contribution in [1.29, 1.82) is 0 Å². The molecular weight excluding hydrogens is 402 g/mol. The molecule has 0 aliphatic carbocycles. The van der Waals surface area contributed by atoms with Crippen molar-refractivity contribution in [3.05, 3.63) is 52.5 Å². The molecule has 3 aromatic rings. The van der Waals surface area contributed by atoms with Crippen molar-refractivity contribution in [1.82, 2.24) is 14.8 Å². The molecule has 0 unspecified atom stereocenters. The lowest BCUT2D eigenvalue weighted by molar-refractivity contribution is -0.157. The quantitative estimate of drug-likeness (QED) is 0.645. The second-order valence-corrected chi connectivity index (χ2v) is 8.82. The summed E-state index contributed by atoms with van der Waals surface area (Å²) in [7, 11) is 0. The van der Waals surface area contributed by atoms with E-state index in [-0.39, 0.29) is 23.8 Å². The minimum atomic E-state index is -0.374. The molecular formula is C22H23N3O4S. The van der Waals surface area contributed by atoms with E-state index >= 15 is 0 Å². The van der Waals surface area contributed by atoms with Crippen LogP contribution in [0.5, 0.6) is 0 Å². The number of nitrogens with zero attached hydrogens (tertiary/aromatic N) is 3. The summed E-state index contributed by atoms with van der Waals surface area (Å²) in [5, 5.41) is 1.92. The van der Waals surface area contributed by atoms with Crippen LogP contribution in [0.1, 0.15) is 28.4 Å². The van der Waals surface area contributed by atoms with E-state index in [9.17, 15) is 9.59 Å². The number of piperidine rings is 1. The first-order valence-corrected chi connectivity index (χ1v) is 11.1. The summed E-state index contributed by atoms with van der Waals surface area (Å²) in [5.74, 6) is 0.527. The van der Waals surface area contributed by atoms with Gasteiger partial charge in [-0.15, -0.1) is 11.3 Å². The van der Waals surface area contributed by atoms with Gasteiger partial charge in [0.1, 0.15) is 11.9 Å². The van der Waals surface area contributed by atoms with E-state index in [4.69, 9.17) is 9.15 Å². The van der Waals surface area contributed by atoms with Crippen molar-refractivity contribution in [2.75, 3.05) is 32.8 Å². The lowest BCUT2D eigenvalue weighted by atomic mass is 9.89. The largest absolute Gasteiger partial charge is 0.440 e. The standard InChI is InChI=1S/C22H23N3O4S/c26-20(14-19-23-16-4-1-2-5-17(16)29-19)25-11-12-28-22(15-25)7-9-24(10-8-22)21(27)18-6-3-13-30-18/h1-6,13H,7-12,14-15H2. The number of para-hydroxylation sites is 2. The maximum Gasteiger partial charge on any atom is 0.263 e. The molecule has 1 spiro atoms. The summed E-state index contributed by atoms with van der Waals surface area (Å²) >= 11 is 1.47. The van der Waals surface area contributed by atoms with Crippen LogP contribution < -0.4 is 0 Å². The number of hydrogen-bond acceptors (Lipinski definition) is 6. The summed E-state index contributed by atoms with van der Waals surface area (Å²) < 4.78 is 11.8. The van der Waals surface area contributed by atoms with Crippen molar-refractivity contribution in [3.63, 3.8) is 0 Å². The molecule has 0 bridgehead atoms. The number of amides is 2. The van der Waals surface area contributed by atoms with Gasteiger partial charge in [-0.25, -0.2) is 4.98 Å². The highest BCUT2D eigenvalue weighted by Crippen LogP contribution is 2.31. The van der Waals surface area contributed by atoms with Crippen molar-refractivity contribution in [2.24, 2.45) is 0 Å². The van der Waals surface area contributed by atoms with Crippen LogP contribution in [-0.4, -0.2) is 65.0 Å². The minimum absolute atomic E-state index is 0.00122. The van der Waals surface area contributed by atoms with E-state index < -0.39 is 0 Å². The summed E-state index contributed by atoms with van der Waals surface area (Å²) in [6.45, 7) is 2.91. The monoisotopic (exact) mass is 425 g/mol. The van der Waals surface area contributed by atoms with Crippen LogP contribution in [0.25, 0.3) is 11.1 Å². The number of hydrogen-bond donors (Lipinski definition) is 0. The maximum atomic E-state index is 12.9. The second-order valence-electron chi connectivity index (χ2n) is 7.87. The molecule has 0 N–H and O–H groups in total. The number of morpholine rings is 1. The molecule has 0 saturated carbocycles. The average Bonchev–Trinajstić information content (AvgIpc) is 3.43. The van der Waals surface area contributed by atoms with E-state index in [1.165, 1.54) is 11.3 Å². The molecule has 30 heavy (non-hydrogen) atoms. The van der Waals surface area contributed by atoms with Gasteiger partial charge >= 0.3 is 0 Å². The predicted molar refractivity (Wildman–Crippen MR) is 112 cm³/mol. The highest BCUT2D eigenvalue weighted by Gasteiger charge is 2.42. The average molecular weight is 426 g/mol. The zero-order valence-corrected chi connectivity index (χ0v) is 17.4. The maximum absolute atomic E-state index is 12.9. The van der Waals surface area contributed by atoms with Gasteiger partial charge in [0.05, 0.1) is 17.1 Å². The normalized spacial score (nSPS) is 18.8. The van der Waals surface area contributed by atoms with Gasteiger partial charge in [-0.2, -0.15) is 0 Å². The first-order chi connectivity index (χ1) is 14.6. The molecule has 2 amide bonds. The van der Waals surface area contributed by atoms with E-state index in [1.807, 2.05) is 51.6 Å². The Balaban J connectivity index is 1.21. The number of oxazole rings is 1. The molecule has 156 valence electrons. The highest BCUT2D eigenvalue weighted by molar-refractivity contribution is 7.12. The fraction of sp³-hybridized carbons (Fsp3) is 0.409. The van der Waals surface area contributed by atoms with Crippen LogP contribution in [0.15, 0.2) is 46.2 Å². The van der Waals surface area contributed by atoms with Crippen molar-refractivity contribution in [2.45, 2.75) is 24.9 Å².